The second-order valence-corrected chi connectivity index (χ2v) is 16.2. The summed E-state index contributed by atoms with van der Waals surface area (Å²) < 4.78 is 0. The van der Waals surface area contributed by atoms with Crippen molar-refractivity contribution in [2.45, 2.75) is 39.8 Å². The molecule has 0 aliphatic carbocycles. The van der Waals surface area contributed by atoms with E-state index in [0.717, 1.165) is 6.92 Å². The van der Waals surface area contributed by atoms with Gasteiger partial charge < -0.3 is 21.3 Å². The fraction of sp³-hybridized carbons (Fsp3) is 0.143. The molecule has 2 atom stereocenters. The molecule has 2 unspecified atom stereocenters. The molecule has 0 aliphatic rings. The Labute approximate surface area is 384 Å². The Kier molecular flexibility index (Phi) is 15.9. The van der Waals surface area contributed by atoms with Gasteiger partial charge in [0.05, 0.1) is 11.4 Å². The van der Waals surface area contributed by atoms with Crippen molar-refractivity contribution in [2.75, 3.05) is 21.3 Å². The molecule has 318 valence electrons. The Morgan fingerprint density at radius 3 is 1.15 bits per heavy atom. The number of amides is 4. The molecule has 0 saturated carbocycles. The highest BCUT2D eigenvalue weighted by Crippen LogP contribution is 2.29. The largest absolute Gasteiger partial charge is 0.324 e. The molecule has 0 heterocycles. The molecule has 20 heteroatoms. The van der Waals surface area contributed by atoms with E-state index in [9.17, 15) is 28.8 Å². The molecular weight excluding hydrogens is 925 g/mol. The number of aryl methyl sites for hydroxylation is 2. The highest BCUT2D eigenvalue weighted by atomic mass is 35.5. The first kappa shape index (κ1) is 47.3. The van der Waals surface area contributed by atoms with Gasteiger partial charge in [0.1, 0.15) is 0 Å². The quantitative estimate of drug-likeness (QED) is 0.0630. The Morgan fingerprint density at radius 1 is 0.435 bits per heavy atom. The summed E-state index contributed by atoms with van der Waals surface area (Å²) in [6, 6.07) is 17.2. The number of azo groups is 2. The molecule has 4 N–H and O–H groups in total. The van der Waals surface area contributed by atoms with Gasteiger partial charge in [-0.25, -0.2) is 0 Å². The van der Waals surface area contributed by atoms with E-state index >= 15 is 0 Å². The third-order valence-electron chi connectivity index (χ3n) is 8.42. The van der Waals surface area contributed by atoms with E-state index in [0.29, 0.717) is 48.3 Å². The van der Waals surface area contributed by atoms with Crippen LogP contribution in [0.1, 0.15) is 45.7 Å². The van der Waals surface area contributed by atoms with Gasteiger partial charge in [0.15, 0.2) is 11.6 Å². The van der Waals surface area contributed by atoms with Gasteiger partial charge >= 0.3 is 0 Å². The number of benzene rings is 5. The molecule has 0 saturated heterocycles. The topological polar surface area (TPSA) is 200 Å². The number of rotatable bonds is 14. The summed E-state index contributed by atoms with van der Waals surface area (Å²) in [7, 11) is 0. The fourth-order valence-electron chi connectivity index (χ4n) is 5.71. The Balaban J connectivity index is 1.26. The van der Waals surface area contributed by atoms with Crippen molar-refractivity contribution in [2.24, 2.45) is 20.5 Å². The molecule has 5 aromatic carbocycles. The third kappa shape index (κ3) is 13.1. The number of carbonyl (C=O) groups is 6. The van der Waals surface area contributed by atoms with Crippen LogP contribution in [0.25, 0.3) is 0 Å². The summed E-state index contributed by atoms with van der Waals surface area (Å²) >= 11 is 36.6. The average Bonchev–Trinajstić information content (AvgIpc) is 3.15. The van der Waals surface area contributed by atoms with Crippen molar-refractivity contribution in [3.8, 4) is 0 Å². The third-order valence-corrected chi connectivity index (χ3v) is 9.73. The van der Waals surface area contributed by atoms with Crippen molar-refractivity contribution < 1.29 is 28.8 Å². The SMILES string of the molecule is CC(=O)C(N=Nc1cc(Cl)cc(C(=O)Nc2cc(Cl)cc(Cl)c2)c1)C(=O)Nc1cc(C)c(NC(=O)C(N=Nc2cc(Cl)cc(C(=O)Nc3cc(Cl)cc(Cl)c3)c2)C(C)=O)c(C)c1. The first-order valence-electron chi connectivity index (χ1n) is 18.0. The van der Waals surface area contributed by atoms with Gasteiger partial charge in [-0.15, -0.1) is 0 Å². The Bertz CT molecular complexity index is 2650. The van der Waals surface area contributed by atoms with Gasteiger partial charge in [-0.05, 0) is 124 Å². The lowest BCUT2D eigenvalue weighted by Crippen LogP contribution is -2.33. The first-order valence-corrected chi connectivity index (χ1v) is 20.2. The van der Waals surface area contributed by atoms with Crippen molar-refractivity contribution in [3.63, 3.8) is 0 Å². The summed E-state index contributed by atoms with van der Waals surface area (Å²) in [5.41, 5.74) is 2.57. The molecule has 14 nitrogen and oxygen atoms in total. The number of anilines is 4. The van der Waals surface area contributed by atoms with Crippen molar-refractivity contribution in [3.05, 3.63) is 137 Å². The van der Waals surface area contributed by atoms with E-state index in [1.165, 1.54) is 91.9 Å². The van der Waals surface area contributed by atoms with Crippen LogP contribution < -0.4 is 21.3 Å². The zero-order valence-electron chi connectivity index (χ0n) is 32.7. The predicted octanol–water partition coefficient (Wildman–Crippen LogP) is 12.1. The van der Waals surface area contributed by atoms with E-state index in [2.05, 4.69) is 41.7 Å². The molecule has 0 bridgehead atoms. The molecule has 0 fully saturated rings. The summed E-state index contributed by atoms with van der Waals surface area (Å²) in [6.07, 6.45) is 0. The van der Waals surface area contributed by atoms with Gasteiger partial charge in [-0.3, -0.25) is 28.8 Å². The highest BCUT2D eigenvalue weighted by Gasteiger charge is 2.26. The van der Waals surface area contributed by atoms with E-state index < -0.39 is 47.3 Å². The van der Waals surface area contributed by atoms with Gasteiger partial charge in [-0.2, -0.15) is 20.5 Å². The highest BCUT2D eigenvalue weighted by molar-refractivity contribution is 6.36. The van der Waals surface area contributed by atoms with Crippen LogP contribution in [0.5, 0.6) is 0 Å². The van der Waals surface area contributed by atoms with Crippen LogP contribution in [-0.2, 0) is 19.2 Å². The molecule has 0 radical (unpaired) electrons. The first-order chi connectivity index (χ1) is 29.2. The molecule has 5 aromatic rings. The molecule has 4 amide bonds. The maximum Gasteiger partial charge on any atom is 0.258 e. The standard InChI is InChI=1S/C42H32Cl6N8O6/c1-19-5-31(51-41(61)37(21(3)57)55-53-34-9-23(7-25(43)17-34)39(59)49-32-13-27(45)11-28(46)14-32)6-20(2)36(19)52-42(62)38(22(4)58)56-54-35-10-24(8-26(44)18-35)40(60)50-33-15-29(47)12-30(48)16-33/h5-18,37-38H,1-4H3,(H,49,59)(H,50,60)(H,51,61)(H,52,62). The minimum atomic E-state index is -1.59. The number of hydrogen-bond acceptors (Lipinski definition) is 10. The number of nitrogens with zero attached hydrogens (tertiary/aromatic N) is 4. The molecule has 62 heavy (non-hydrogen) atoms. The normalized spacial score (nSPS) is 12.2. The van der Waals surface area contributed by atoms with Crippen LogP contribution in [0, 0.1) is 13.8 Å². The van der Waals surface area contributed by atoms with Gasteiger partial charge in [0, 0.05) is 64.0 Å². The van der Waals surface area contributed by atoms with Crippen LogP contribution in [0.4, 0.5) is 34.1 Å². The average molecular weight is 957 g/mol. The van der Waals surface area contributed by atoms with Gasteiger partial charge in [0.2, 0.25) is 12.1 Å². The summed E-state index contributed by atoms with van der Waals surface area (Å²) in [4.78, 5) is 77.9. The zero-order valence-corrected chi connectivity index (χ0v) is 37.3. The van der Waals surface area contributed by atoms with E-state index in [4.69, 9.17) is 69.6 Å². The zero-order chi connectivity index (χ0) is 45.4. The smallest absolute Gasteiger partial charge is 0.258 e. The predicted molar refractivity (Wildman–Crippen MR) is 243 cm³/mol. The van der Waals surface area contributed by atoms with E-state index in [-0.39, 0.29) is 38.2 Å². The lowest BCUT2D eigenvalue weighted by molar-refractivity contribution is -0.127. The summed E-state index contributed by atoms with van der Waals surface area (Å²) in [5, 5.41) is 28.1. The second-order valence-electron chi connectivity index (χ2n) is 13.5. The van der Waals surface area contributed by atoms with Crippen LogP contribution in [-0.4, -0.2) is 47.3 Å². The van der Waals surface area contributed by atoms with Crippen LogP contribution in [0.2, 0.25) is 30.1 Å². The molecule has 0 aromatic heterocycles. The Morgan fingerprint density at radius 2 is 0.774 bits per heavy atom. The number of halogens is 6. The van der Waals surface area contributed by atoms with Gasteiger partial charge in [0.25, 0.3) is 23.6 Å². The summed E-state index contributed by atoms with van der Waals surface area (Å²) in [5.74, 6) is -4.02. The number of nitrogens with one attached hydrogen (secondary N) is 4. The number of ketones is 2. The minimum absolute atomic E-state index is 0.0850. The molecule has 5 rings (SSSR count). The van der Waals surface area contributed by atoms with Crippen molar-refractivity contribution in [1.29, 1.82) is 0 Å². The maximum absolute atomic E-state index is 13.4. The van der Waals surface area contributed by atoms with Crippen molar-refractivity contribution in [1.82, 2.24) is 0 Å². The lowest BCUT2D eigenvalue weighted by atomic mass is 10.1. The van der Waals surface area contributed by atoms with Gasteiger partial charge in [-0.1, -0.05) is 69.6 Å². The molecular formula is C42H32Cl6N8O6. The van der Waals surface area contributed by atoms with E-state index in [1.54, 1.807) is 13.8 Å². The second kappa shape index (κ2) is 20.9. The monoisotopic (exact) mass is 954 g/mol. The molecule has 0 spiro atoms. The van der Waals surface area contributed by atoms with Crippen LogP contribution in [0.15, 0.2) is 105 Å². The fourth-order valence-corrected chi connectivity index (χ4v) is 7.22. The van der Waals surface area contributed by atoms with E-state index in [1.807, 2.05) is 0 Å². The maximum atomic E-state index is 13.4. The molecule has 0 aliphatic heterocycles. The number of Topliss-reactive ketones (excluding diaryl/α,β-unsaturated/α-hetero) is 2. The summed E-state index contributed by atoms with van der Waals surface area (Å²) in [6.45, 7) is 5.62. The minimum Gasteiger partial charge on any atom is -0.324 e. The number of carbonyl (C=O) groups excluding carboxylic acids is 6. The number of hydrogen-bond donors (Lipinski definition) is 4. The van der Waals surface area contributed by atoms with Crippen LogP contribution in [0.3, 0.4) is 0 Å². The van der Waals surface area contributed by atoms with Crippen LogP contribution >= 0.6 is 69.6 Å². The lowest BCUT2D eigenvalue weighted by Gasteiger charge is -2.17. The Hall–Kier alpha value is -5.74. The van der Waals surface area contributed by atoms with Crippen molar-refractivity contribution >= 4 is 139 Å².